The molecule has 1 heterocycles. The van der Waals surface area contributed by atoms with Crippen LogP contribution in [0.2, 0.25) is 0 Å². The minimum Gasteiger partial charge on any atom is -0.330 e. The molecule has 36 heavy (non-hydrogen) atoms. The van der Waals surface area contributed by atoms with E-state index in [-0.39, 0.29) is 23.8 Å². The molecule has 3 nitrogen and oxygen atoms in total. The molecule has 1 unspecified atom stereocenters. The molecule has 1 atom stereocenters. The fraction of sp³-hybridized carbons (Fsp3) is 0.219. The van der Waals surface area contributed by atoms with Crippen molar-refractivity contribution in [3.8, 4) is 0 Å². The van der Waals surface area contributed by atoms with E-state index in [1.807, 2.05) is 66.7 Å². The fourth-order valence-corrected chi connectivity index (χ4v) is 5.23. The minimum absolute atomic E-state index is 0.121. The highest BCUT2D eigenvalue weighted by molar-refractivity contribution is 5.84. The van der Waals surface area contributed by atoms with Gasteiger partial charge in [-0.15, -0.1) is 0 Å². The molecule has 1 aliphatic heterocycles. The molecule has 1 aliphatic rings. The normalized spacial score (nSPS) is 16.8. The molecule has 0 aromatic heterocycles. The van der Waals surface area contributed by atoms with Gasteiger partial charge in [-0.05, 0) is 47.2 Å². The van der Waals surface area contributed by atoms with Gasteiger partial charge in [0.05, 0.1) is 6.04 Å². The number of rotatable bonds is 7. The van der Waals surface area contributed by atoms with Gasteiger partial charge in [-0.1, -0.05) is 103 Å². The summed E-state index contributed by atoms with van der Waals surface area (Å²) in [5.74, 6) is -0.107. The number of halogens is 1. The van der Waals surface area contributed by atoms with E-state index < -0.39 is 0 Å². The van der Waals surface area contributed by atoms with Crippen molar-refractivity contribution < 1.29 is 9.18 Å². The third-order valence-electron chi connectivity index (χ3n) is 6.99. The Morgan fingerprint density at radius 3 is 1.86 bits per heavy atom. The largest absolute Gasteiger partial charge is 0.330 e. The lowest BCUT2D eigenvalue weighted by Gasteiger charge is -2.35. The smallest absolute Gasteiger partial charge is 0.245 e. The quantitative estimate of drug-likeness (QED) is 0.305. The van der Waals surface area contributed by atoms with E-state index in [1.54, 1.807) is 0 Å². The Hall–Kier alpha value is -3.76. The predicted octanol–water partition coefficient (Wildman–Crippen LogP) is 6.43. The summed E-state index contributed by atoms with van der Waals surface area (Å²) in [7, 11) is 0. The number of amides is 1. The highest BCUT2D eigenvalue weighted by Crippen LogP contribution is 2.35. The van der Waals surface area contributed by atoms with Crippen LogP contribution >= 0.6 is 0 Å². The molecule has 4 aromatic rings. The van der Waals surface area contributed by atoms with Crippen LogP contribution in [0.15, 0.2) is 115 Å². The van der Waals surface area contributed by atoms with Crippen LogP contribution in [0, 0.1) is 5.82 Å². The lowest BCUT2D eigenvalue weighted by atomic mass is 9.95. The van der Waals surface area contributed by atoms with E-state index >= 15 is 0 Å². The van der Waals surface area contributed by atoms with Gasteiger partial charge in [0.15, 0.2) is 0 Å². The summed E-state index contributed by atoms with van der Waals surface area (Å²) >= 11 is 0. The summed E-state index contributed by atoms with van der Waals surface area (Å²) in [6, 6.07) is 36.9. The summed E-state index contributed by atoms with van der Waals surface area (Å²) in [5.41, 5.74) is 4.31. The van der Waals surface area contributed by atoms with Gasteiger partial charge in [-0.2, -0.15) is 0 Å². The van der Waals surface area contributed by atoms with Crippen molar-refractivity contribution in [3.63, 3.8) is 0 Å². The Labute approximate surface area is 212 Å². The van der Waals surface area contributed by atoms with Crippen LogP contribution in [-0.2, 0) is 11.2 Å². The summed E-state index contributed by atoms with van der Waals surface area (Å²) < 4.78 is 13.4. The zero-order valence-corrected chi connectivity index (χ0v) is 20.3. The predicted molar refractivity (Wildman–Crippen MR) is 142 cm³/mol. The van der Waals surface area contributed by atoms with Crippen LogP contribution in [-0.4, -0.2) is 35.3 Å². The molecule has 0 radical (unpaired) electrons. The maximum atomic E-state index is 14.4. The molecule has 5 rings (SSSR count). The summed E-state index contributed by atoms with van der Waals surface area (Å²) in [5, 5.41) is 0. The van der Waals surface area contributed by atoms with Gasteiger partial charge in [0.2, 0.25) is 5.91 Å². The molecule has 0 saturated carbocycles. The van der Waals surface area contributed by atoms with Gasteiger partial charge in [0, 0.05) is 19.6 Å². The van der Waals surface area contributed by atoms with E-state index in [9.17, 15) is 9.18 Å². The molecule has 4 heteroatoms. The fourth-order valence-electron chi connectivity index (χ4n) is 5.23. The average Bonchev–Trinajstić information content (AvgIpc) is 3.09. The maximum Gasteiger partial charge on any atom is 0.245 e. The monoisotopic (exact) mass is 478 g/mol. The molecule has 1 saturated heterocycles. The van der Waals surface area contributed by atoms with E-state index in [2.05, 4.69) is 46.2 Å². The van der Waals surface area contributed by atoms with Crippen LogP contribution in [0.3, 0.4) is 0 Å². The molecule has 0 N–H and O–H groups in total. The van der Waals surface area contributed by atoms with Gasteiger partial charge < -0.3 is 4.90 Å². The molecule has 0 spiro atoms. The Morgan fingerprint density at radius 1 is 0.722 bits per heavy atom. The van der Waals surface area contributed by atoms with Crippen molar-refractivity contribution in [3.05, 3.63) is 143 Å². The number of hydrogen-bond acceptors (Lipinski definition) is 2. The Balaban J connectivity index is 1.50. The highest BCUT2D eigenvalue weighted by Gasteiger charge is 2.37. The van der Waals surface area contributed by atoms with Gasteiger partial charge in [0.25, 0.3) is 0 Å². The topological polar surface area (TPSA) is 23.6 Å². The first-order valence-corrected chi connectivity index (χ1v) is 12.6. The van der Waals surface area contributed by atoms with E-state index in [1.165, 1.54) is 12.1 Å². The zero-order valence-electron chi connectivity index (χ0n) is 20.3. The first-order chi connectivity index (χ1) is 17.7. The van der Waals surface area contributed by atoms with Gasteiger partial charge >= 0.3 is 0 Å². The SMILES string of the molecule is O=C1C(c2ccccc2)N(CCc2ccc(F)cc2)CCCN1C(c1ccccc1)c1ccccc1. The Bertz CT molecular complexity index is 1210. The minimum atomic E-state index is -0.371. The van der Waals surface area contributed by atoms with E-state index in [4.69, 9.17) is 0 Å². The number of carbonyl (C=O) groups excluding carboxylic acids is 1. The number of carbonyl (C=O) groups is 1. The molecule has 0 aliphatic carbocycles. The van der Waals surface area contributed by atoms with Crippen molar-refractivity contribution in [2.24, 2.45) is 0 Å². The third kappa shape index (κ3) is 5.39. The lowest BCUT2D eigenvalue weighted by molar-refractivity contribution is -0.137. The number of nitrogens with zero attached hydrogens (tertiary/aromatic N) is 2. The summed E-state index contributed by atoms with van der Waals surface area (Å²) in [6.45, 7) is 2.23. The Morgan fingerprint density at radius 2 is 1.28 bits per heavy atom. The average molecular weight is 479 g/mol. The second kappa shape index (κ2) is 11.3. The van der Waals surface area contributed by atoms with Crippen molar-refractivity contribution in [2.45, 2.75) is 24.9 Å². The Kier molecular flexibility index (Phi) is 7.53. The molecule has 1 amide bonds. The second-order valence-corrected chi connectivity index (χ2v) is 9.33. The number of benzene rings is 4. The molecule has 182 valence electrons. The van der Waals surface area contributed by atoms with E-state index in [0.717, 1.165) is 48.2 Å². The first kappa shape index (κ1) is 24.0. The molecule has 1 fully saturated rings. The van der Waals surface area contributed by atoms with Crippen molar-refractivity contribution in [1.29, 1.82) is 0 Å². The van der Waals surface area contributed by atoms with Crippen LogP contribution in [0.25, 0.3) is 0 Å². The lowest BCUT2D eigenvalue weighted by Crippen LogP contribution is -2.42. The first-order valence-electron chi connectivity index (χ1n) is 12.6. The van der Waals surface area contributed by atoms with Gasteiger partial charge in [-0.3, -0.25) is 9.69 Å². The second-order valence-electron chi connectivity index (χ2n) is 9.33. The number of hydrogen-bond donors (Lipinski definition) is 0. The van der Waals surface area contributed by atoms with Crippen molar-refractivity contribution in [2.75, 3.05) is 19.6 Å². The van der Waals surface area contributed by atoms with Crippen LogP contribution in [0.5, 0.6) is 0 Å². The molecule has 4 aromatic carbocycles. The van der Waals surface area contributed by atoms with Crippen LogP contribution in [0.1, 0.15) is 40.8 Å². The summed E-state index contributed by atoms with van der Waals surface area (Å²) in [6.07, 6.45) is 1.65. The zero-order chi connectivity index (χ0) is 24.7. The van der Waals surface area contributed by atoms with Crippen LogP contribution in [0.4, 0.5) is 4.39 Å². The van der Waals surface area contributed by atoms with Crippen molar-refractivity contribution >= 4 is 5.91 Å². The van der Waals surface area contributed by atoms with Crippen molar-refractivity contribution in [1.82, 2.24) is 9.80 Å². The maximum absolute atomic E-state index is 14.4. The molecular weight excluding hydrogens is 447 g/mol. The van der Waals surface area contributed by atoms with E-state index in [0.29, 0.717) is 6.54 Å². The molecular formula is C32H31FN2O. The van der Waals surface area contributed by atoms with Gasteiger partial charge in [-0.25, -0.2) is 4.39 Å². The third-order valence-corrected chi connectivity index (χ3v) is 6.99. The highest BCUT2D eigenvalue weighted by atomic mass is 19.1. The standard InChI is InChI=1S/C32H31FN2O/c33-29-19-17-25(18-20-29)21-24-34-22-10-23-35(32(36)31(34)28-15-8-3-9-16-28)30(26-11-4-1-5-12-26)27-13-6-2-7-14-27/h1-9,11-20,30-31H,10,21-24H2. The van der Waals surface area contributed by atoms with Crippen LogP contribution < -0.4 is 0 Å². The summed E-state index contributed by atoms with van der Waals surface area (Å²) in [4.78, 5) is 18.8. The molecule has 0 bridgehead atoms. The van der Waals surface area contributed by atoms with Gasteiger partial charge in [0.1, 0.15) is 11.9 Å².